The Morgan fingerprint density at radius 1 is 1.65 bits per heavy atom. The van der Waals surface area contributed by atoms with E-state index in [9.17, 15) is 9.90 Å². The summed E-state index contributed by atoms with van der Waals surface area (Å²) in [6, 6.07) is 1.91. The Labute approximate surface area is 121 Å². The summed E-state index contributed by atoms with van der Waals surface area (Å²) in [4.78, 5) is 15.8. The predicted molar refractivity (Wildman–Crippen MR) is 79.0 cm³/mol. The molecule has 1 fully saturated rings. The highest BCUT2D eigenvalue weighted by atomic mass is 32.1. The summed E-state index contributed by atoms with van der Waals surface area (Å²) in [5.41, 5.74) is 0.943. The zero-order chi connectivity index (χ0) is 14.4. The minimum Gasteiger partial charge on any atom is -0.391 e. The molecule has 0 aliphatic heterocycles. The number of nitrogens with zero attached hydrogens (tertiary/aromatic N) is 3. The second kappa shape index (κ2) is 4.86. The first kappa shape index (κ1) is 13.6. The van der Waals surface area contributed by atoms with Crippen LogP contribution in [0.25, 0.3) is 10.2 Å². The average Bonchev–Trinajstić information content (AvgIpc) is 3.09. The second-order valence-corrected chi connectivity index (χ2v) is 6.66. The molecule has 2 aromatic heterocycles. The Morgan fingerprint density at radius 3 is 2.95 bits per heavy atom. The quantitative estimate of drug-likeness (QED) is 0.935. The number of aliphatic hydroxyl groups excluding tert-OH is 1. The number of likely N-dealkylation sites (N-methyl/N-ethyl adjacent to an activating group) is 1. The van der Waals surface area contributed by atoms with Gasteiger partial charge in [0.25, 0.3) is 5.91 Å². The molecule has 1 unspecified atom stereocenters. The number of aromatic nitrogens is 2. The zero-order valence-corrected chi connectivity index (χ0v) is 12.8. The van der Waals surface area contributed by atoms with Crippen molar-refractivity contribution in [3.8, 4) is 0 Å². The summed E-state index contributed by atoms with van der Waals surface area (Å²) in [6.07, 6.45) is 1.77. The van der Waals surface area contributed by atoms with Crippen molar-refractivity contribution < 1.29 is 9.90 Å². The summed E-state index contributed by atoms with van der Waals surface area (Å²) in [7, 11) is 3.64. The van der Waals surface area contributed by atoms with Gasteiger partial charge in [-0.3, -0.25) is 9.48 Å². The Kier molecular flexibility index (Phi) is 3.30. The first-order chi connectivity index (χ1) is 9.47. The molecule has 3 rings (SSSR count). The zero-order valence-electron chi connectivity index (χ0n) is 12.0. The molecule has 0 bridgehead atoms. The number of thiophene rings is 1. The fraction of sp³-hybridized carbons (Fsp3) is 0.571. The lowest BCUT2D eigenvalue weighted by molar-refractivity contribution is 0.0650. The van der Waals surface area contributed by atoms with E-state index in [1.807, 2.05) is 24.7 Å². The van der Waals surface area contributed by atoms with E-state index in [1.165, 1.54) is 11.3 Å². The molecule has 1 amide bonds. The number of carbonyl (C=O) groups is 1. The summed E-state index contributed by atoms with van der Waals surface area (Å²) in [6.45, 7) is 2.36. The van der Waals surface area contributed by atoms with Gasteiger partial charge in [0.05, 0.1) is 16.7 Å². The molecular formula is C14H19N3O2S. The minimum atomic E-state index is -0.387. The Balaban J connectivity index is 1.78. The van der Waals surface area contributed by atoms with E-state index in [-0.39, 0.29) is 12.0 Å². The first-order valence-corrected chi connectivity index (χ1v) is 7.65. The standard InChI is InChI=1S/C14H19N3O2S/c1-8-10-6-12(20-14(10)17(3)15-8)13(19)16(2)7-11(18)9-4-5-9/h6,9,11,18H,4-5,7H2,1-3H3. The van der Waals surface area contributed by atoms with Crippen LogP contribution in [0.4, 0.5) is 0 Å². The molecule has 6 heteroatoms. The van der Waals surface area contributed by atoms with Crippen LogP contribution in [0, 0.1) is 12.8 Å². The van der Waals surface area contributed by atoms with Crippen LogP contribution in [0.5, 0.6) is 0 Å². The molecule has 1 N–H and O–H groups in total. The maximum absolute atomic E-state index is 12.4. The number of aliphatic hydroxyl groups is 1. The van der Waals surface area contributed by atoms with Crippen LogP contribution in [0.3, 0.4) is 0 Å². The molecule has 20 heavy (non-hydrogen) atoms. The highest BCUT2D eigenvalue weighted by molar-refractivity contribution is 7.20. The molecule has 1 saturated carbocycles. The lowest BCUT2D eigenvalue weighted by Gasteiger charge is -2.19. The van der Waals surface area contributed by atoms with Gasteiger partial charge in [0, 0.05) is 26.0 Å². The second-order valence-electron chi connectivity index (χ2n) is 5.63. The van der Waals surface area contributed by atoms with E-state index < -0.39 is 0 Å². The fourth-order valence-electron chi connectivity index (χ4n) is 2.49. The molecule has 0 spiro atoms. The molecule has 1 aliphatic carbocycles. The maximum atomic E-state index is 12.4. The number of hydrogen-bond donors (Lipinski definition) is 1. The Morgan fingerprint density at radius 2 is 2.35 bits per heavy atom. The highest BCUT2D eigenvalue weighted by Gasteiger charge is 2.31. The van der Waals surface area contributed by atoms with Gasteiger partial charge < -0.3 is 10.0 Å². The molecule has 0 radical (unpaired) electrons. The molecule has 5 nitrogen and oxygen atoms in total. The van der Waals surface area contributed by atoms with Crippen LogP contribution < -0.4 is 0 Å². The SMILES string of the molecule is Cc1nn(C)c2sc(C(=O)N(C)CC(O)C3CC3)cc12. The van der Waals surface area contributed by atoms with Crippen LogP contribution in [-0.2, 0) is 7.05 Å². The summed E-state index contributed by atoms with van der Waals surface area (Å²) >= 11 is 1.46. The van der Waals surface area contributed by atoms with E-state index in [2.05, 4.69) is 5.10 Å². The van der Waals surface area contributed by atoms with Gasteiger partial charge in [-0.2, -0.15) is 5.10 Å². The minimum absolute atomic E-state index is 0.0229. The van der Waals surface area contributed by atoms with E-state index >= 15 is 0 Å². The van der Waals surface area contributed by atoms with Crippen molar-refractivity contribution in [2.75, 3.05) is 13.6 Å². The topological polar surface area (TPSA) is 58.4 Å². The number of fused-ring (bicyclic) bond motifs is 1. The van der Waals surface area contributed by atoms with Crippen LogP contribution in [0.1, 0.15) is 28.2 Å². The lowest BCUT2D eigenvalue weighted by atomic mass is 10.2. The Hall–Kier alpha value is -1.40. The van der Waals surface area contributed by atoms with E-state index in [4.69, 9.17) is 0 Å². The van der Waals surface area contributed by atoms with Crippen molar-refractivity contribution in [1.29, 1.82) is 0 Å². The van der Waals surface area contributed by atoms with E-state index in [0.717, 1.165) is 28.8 Å². The van der Waals surface area contributed by atoms with Crippen LogP contribution in [0.2, 0.25) is 0 Å². The van der Waals surface area contributed by atoms with Crippen molar-refractivity contribution in [2.24, 2.45) is 13.0 Å². The molecule has 0 saturated heterocycles. The van der Waals surface area contributed by atoms with Gasteiger partial charge in [0.2, 0.25) is 0 Å². The predicted octanol–water partition coefficient (Wildman–Crippen LogP) is 1.79. The third-order valence-corrected chi connectivity index (χ3v) is 5.07. The van der Waals surface area contributed by atoms with Gasteiger partial charge in [-0.25, -0.2) is 0 Å². The summed E-state index contributed by atoms with van der Waals surface area (Å²) < 4.78 is 1.81. The smallest absolute Gasteiger partial charge is 0.263 e. The highest BCUT2D eigenvalue weighted by Crippen LogP contribution is 2.33. The van der Waals surface area contributed by atoms with Crippen LogP contribution in [0.15, 0.2) is 6.07 Å². The van der Waals surface area contributed by atoms with Crippen LogP contribution >= 0.6 is 11.3 Å². The largest absolute Gasteiger partial charge is 0.391 e. The fourth-order valence-corrected chi connectivity index (χ4v) is 3.61. The van der Waals surface area contributed by atoms with Gasteiger partial charge in [0.1, 0.15) is 4.83 Å². The average molecular weight is 293 g/mol. The van der Waals surface area contributed by atoms with E-state index in [1.54, 1.807) is 11.9 Å². The van der Waals surface area contributed by atoms with Crippen molar-refractivity contribution in [2.45, 2.75) is 25.9 Å². The van der Waals surface area contributed by atoms with Crippen molar-refractivity contribution in [1.82, 2.24) is 14.7 Å². The number of hydrogen-bond acceptors (Lipinski definition) is 4. The number of carbonyl (C=O) groups excluding carboxylic acids is 1. The lowest BCUT2D eigenvalue weighted by Crippen LogP contribution is -2.34. The van der Waals surface area contributed by atoms with Gasteiger partial charge in [-0.1, -0.05) is 0 Å². The summed E-state index contributed by atoms with van der Waals surface area (Å²) in [5, 5.41) is 15.3. The molecular weight excluding hydrogens is 274 g/mol. The molecule has 2 heterocycles. The van der Waals surface area contributed by atoms with Crippen LogP contribution in [-0.4, -0.2) is 45.4 Å². The normalized spacial score (nSPS) is 16.6. The van der Waals surface area contributed by atoms with Crippen molar-refractivity contribution >= 4 is 27.5 Å². The van der Waals surface area contributed by atoms with Crippen molar-refractivity contribution in [3.05, 3.63) is 16.6 Å². The molecule has 2 aromatic rings. The maximum Gasteiger partial charge on any atom is 0.263 e. The van der Waals surface area contributed by atoms with E-state index in [0.29, 0.717) is 17.3 Å². The van der Waals surface area contributed by atoms with Gasteiger partial charge in [0.15, 0.2) is 0 Å². The third-order valence-electron chi connectivity index (χ3n) is 3.88. The number of amides is 1. The molecule has 0 aromatic carbocycles. The Bertz CT molecular complexity index is 622. The first-order valence-electron chi connectivity index (χ1n) is 6.84. The molecule has 1 aliphatic rings. The summed E-state index contributed by atoms with van der Waals surface area (Å²) in [5.74, 6) is 0.365. The van der Waals surface area contributed by atoms with Gasteiger partial charge >= 0.3 is 0 Å². The third kappa shape index (κ3) is 2.33. The molecule has 108 valence electrons. The monoisotopic (exact) mass is 293 g/mol. The number of rotatable bonds is 4. The number of aryl methyl sites for hydroxylation is 2. The van der Waals surface area contributed by atoms with Crippen molar-refractivity contribution in [3.63, 3.8) is 0 Å². The van der Waals surface area contributed by atoms with Gasteiger partial charge in [-0.05, 0) is 31.7 Å². The molecule has 1 atom stereocenters. The van der Waals surface area contributed by atoms with Gasteiger partial charge in [-0.15, -0.1) is 11.3 Å².